The van der Waals surface area contributed by atoms with Crippen molar-refractivity contribution in [3.8, 4) is 0 Å². The van der Waals surface area contributed by atoms with Gasteiger partial charge in [-0.2, -0.15) is 22.8 Å². The van der Waals surface area contributed by atoms with E-state index in [4.69, 9.17) is 5.11 Å². The van der Waals surface area contributed by atoms with Crippen molar-refractivity contribution < 1.29 is 18.3 Å². The van der Waals surface area contributed by atoms with Gasteiger partial charge in [-0.15, -0.1) is 0 Å². The molecule has 0 atom stereocenters. The molecule has 0 fully saturated rings. The van der Waals surface area contributed by atoms with Crippen molar-refractivity contribution in [2.24, 2.45) is 0 Å². The van der Waals surface area contributed by atoms with Crippen LogP contribution in [0.2, 0.25) is 0 Å². The van der Waals surface area contributed by atoms with E-state index in [2.05, 4.69) is 10.1 Å². The molecule has 104 valence electrons. The average Bonchev–Trinajstić information content (AvgIpc) is 2.73. The summed E-state index contributed by atoms with van der Waals surface area (Å²) in [5, 5.41) is 12.8. The van der Waals surface area contributed by atoms with Gasteiger partial charge in [0.2, 0.25) is 0 Å². The SMILES string of the molecule is Cc1cc(N(CCO)CC(F)(F)F)n2ncnc2c1. The van der Waals surface area contributed by atoms with Gasteiger partial charge in [-0.1, -0.05) is 0 Å². The number of hydrogen-bond donors (Lipinski definition) is 1. The number of fused-ring (bicyclic) bond motifs is 1. The van der Waals surface area contributed by atoms with E-state index in [9.17, 15) is 13.2 Å². The summed E-state index contributed by atoms with van der Waals surface area (Å²) in [6.07, 6.45) is -3.07. The molecule has 5 nitrogen and oxygen atoms in total. The molecule has 0 unspecified atom stereocenters. The largest absolute Gasteiger partial charge is 0.405 e. The third-order valence-corrected chi connectivity index (χ3v) is 2.57. The summed E-state index contributed by atoms with van der Waals surface area (Å²) in [4.78, 5) is 5.00. The summed E-state index contributed by atoms with van der Waals surface area (Å²) >= 11 is 0. The molecule has 0 bridgehead atoms. The van der Waals surface area contributed by atoms with Gasteiger partial charge in [0.1, 0.15) is 18.7 Å². The lowest BCUT2D eigenvalue weighted by molar-refractivity contribution is -0.120. The Bertz CT molecular complexity index is 567. The molecular weight excluding hydrogens is 261 g/mol. The van der Waals surface area contributed by atoms with Crippen LogP contribution >= 0.6 is 0 Å². The topological polar surface area (TPSA) is 53.7 Å². The van der Waals surface area contributed by atoms with E-state index in [1.165, 1.54) is 10.8 Å². The number of alkyl halides is 3. The lowest BCUT2D eigenvalue weighted by Crippen LogP contribution is -2.37. The summed E-state index contributed by atoms with van der Waals surface area (Å²) < 4.78 is 39.0. The quantitative estimate of drug-likeness (QED) is 0.915. The Hall–Kier alpha value is -1.83. The molecule has 2 heterocycles. The number of rotatable bonds is 4. The number of hydrogen-bond acceptors (Lipinski definition) is 4. The number of aliphatic hydroxyl groups excluding tert-OH is 1. The van der Waals surface area contributed by atoms with Crippen LogP contribution in [0.4, 0.5) is 19.0 Å². The molecule has 0 radical (unpaired) electrons. The molecule has 0 aliphatic heterocycles. The zero-order valence-electron chi connectivity index (χ0n) is 10.2. The second-order valence-electron chi connectivity index (χ2n) is 4.18. The highest BCUT2D eigenvalue weighted by Crippen LogP contribution is 2.23. The fraction of sp³-hybridized carbons (Fsp3) is 0.455. The number of pyridine rings is 1. The van der Waals surface area contributed by atoms with Crippen LogP contribution in [0.25, 0.3) is 5.65 Å². The predicted octanol–water partition coefficient (Wildman–Crippen LogP) is 1.40. The molecule has 0 aliphatic rings. The normalized spacial score (nSPS) is 12.1. The first-order valence-electron chi connectivity index (χ1n) is 5.63. The highest BCUT2D eigenvalue weighted by atomic mass is 19.4. The third kappa shape index (κ3) is 3.14. The van der Waals surface area contributed by atoms with Crippen LogP contribution in [0.1, 0.15) is 5.56 Å². The maximum absolute atomic E-state index is 12.6. The molecule has 1 N–H and O–H groups in total. The van der Waals surface area contributed by atoms with E-state index < -0.39 is 12.7 Å². The number of aromatic nitrogens is 3. The Labute approximate surface area is 107 Å². The zero-order valence-corrected chi connectivity index (χ0v) is 10.2. The van der Waals surface area contributed by atoms with Gasteiger partial charge in [0.05, 0.1) is 6.61 Å². The minimum Gasteiger partial charge on any atom is -0.395 e. The van der Waals surface area contributed by atoms with Gasteiger partial charge in [-0.05, 0) is 24.6 Å². The van der Waals surface area contributed by atoms with E-state index in [0.717, 1.165) is 10.5 Å². The molecule has 19 heavy (non-hydrogen) atoms. The smallest absolute Gasteiger partial charge is 0.395 e. The molecular formula is C11H13F3N4O. The second-order valence-corrected chi connectivity index (χ2v) is 4.18. The van der Waals surface area contributed by atoms with Crippen molar-refractivity contribution in [3.05, 3.63) is 24.0 Å². The molecule has 0 saturated heterocycles. The lowest BCUT2D eigenvalue weighted by atomic mass is 10.2. The Morgan fingerprint density at radius 2 is 2.11 bits per heavy atom. The van der Waals surface area contributed by atoms with Crippen LogP contribution in [0.15, 0.2) is 18.5 Å². The van der Waals surface area contributed by atoms with Crippen molar-refractivity contribution in [3.63, 3.8) is 0 Å². The van der Waals surface area contributed by atoms with Crippen LogP contribution in [-0.2, 0) is 0 Å². The highest BCUT2D eigenvalue weighted by molar-refractivity contribution is 5.53. The first kappa shape index (κ1) is 13.6. The Morgan fingerprint density at radius 1 is 1.37 bits per heavy atom. The van der Waals surface area contributed by atoms with Crippen LogP contribution in [0.3, 0.4) is 0 Å². The Morgan fingerprint density at radius 3 is 2.74 bits per heavy atom. The molecule has 2 aromatic heterocycles. The molecule has 2 rings (SSSR count). The van der Waals surface area contributed by atoms with Crippen molar-refractivity contribution in [1.29, 1.82) is 0 Å². The van der Waals surface area contributed by atoms with Gasteiger partial charge < -0.3 is 10.0 Å². The lowest BCUT2D eigenvalue weighted by Gasteiger charge is -2.25. The fourth-order valence-electron chi connectivity index (χ4n) is 1.87. The van der Waals surface area contributed by atoms with Gasteiger partial charge in [-0.3, -0.25) is 0 Å². The number of aryl methyl sites for hydroxylation is 1. The molecule has 0 aliphatic carbocycles. The third-order valence-electron chi connectivity index (χ3n) is 2.57. The van der Waals surface area contributed by atoms with Crippen molar-refractivity contribution in [2.75, 3.05) is 24.6 Å². The van der Waals surface area contributed by atoms with Crippen LogP contribution in [-0.4, -0.2) is 45.6 Å². The van der Waals surface area contributed by atoms with Crippen molar-refractivity contribution in [1.82, 2.24) is 14.6 Å². The number of anilines is 1. The van der Waals surface area contributed by atoms with Gasteiger partial charge in [0.25, 0.3) is 0 Å². The van der Waals surface area contributed by atoms with Crippen molar-refractivity contribution >= 4 is 11.5 Å². The molecule has 0 spiro atoms. The van der Waals surface area contributed by atoms with Gasteiger partial charge in [0, 0.05) is 6.54 Å². The average molecular weight is 274 g/mol. The van der Waals surface area contributed by atoms with E-state index in [1.54, 1.807) is 19.1 Å². The Kier molecular flexibility index (Phi) is 3.61. The van der Waals surface area contributed by atoms with Crippen LogP contribution in [0.5, 0.6) is 0 Å². The minimum atomic E-state index is -4.36. The molecule has 0 amide bonds. The maximum Gasteiger partial charge on any atom is 0.405 e. The monoisotopic (exact) mass is 274 g/mol. The van der Waals surface area contributed by atoms with Gasteiger partial charge >= 0.3 is 6.18 Å². The van der Waals surface area contributed by atoms with Gasteiger partial charge in [-0.25, -0.2) is 4.98 Å². The standard InChI is InChI=1S/C11H13F3N4O/c1-8-4-9-15-7-16-18(9)10(5-8)17(2-3-19)6-11(12,13)14/h4-5,7,19H,2-3,6H2,1H3. The second kappa shape index (κ2) is 5.04. The predicted molar refractivity (Wildman–Crippen MR) is 63.1 cm³/mol. The van der Waals surface area contributed by atoms with E-state index >= 15 is 0 Å². The molecule has 2 aromatic rings. The van der Waals surface area contributed by atoms with Crippen LogP contribution < -0.4 is 4.90 Å². The fourth-order valence-corrected chi connectivity index (χ4v) is 1.87. The molecule has 0 aromatic carbocycles. The summed E-state index contributed by atoms with van der Waals surface area (Å²) in [5.74, 6) is 0.263. The Balaban J connectivity index is 2.45. The highest BCUT2D eigenvalue weighted by Gasteiger charge is 2.31. The van der Waals surface area contributed by atoms with E-state index in [0.29, 0.717) is 5.65 Å². The number of halogens is 3. The minimum absolute atomic E-state index is 0.127. The molecule has 8 heteroatoms. The molecule has 0 saturated carbocycles. The van der Waals surface area contributed by atoms with E-state index in [-0.39, 0.29) is 19.0 Å². The van der Waals surface area contributed by atoms with Crippen LogP contribution in [0, 0.1) is 6.92 Å². The van der Waals surface area contributed by atoms with Gasteiger partial charge in [0.15, 0.2) is 5.65 Å². The summed E-state index contributed by atoms with van der Waals surface area (Å²) in [6, 6.07) is 3.31. The van der Waals surface area contributed by atoms with Crippen molar-refractivity contribution in [2.45, 2.75) is 13.1 Å². The summed E-state index contributed by atoms with van der Waals surface area (Å²) in [6.45, 7) is 0.118. The first-order valence-corrected chi connectivity index (χ1v) is 5.63. The summed E-state index contributed by atoms with van der Waals surface area (Å²) in [5.41, 5.74) is 1.25. The number of aliphatic hydroxyl groups is 1. The first-order chi connectivity index (χ1) is 8.90. The number of nitrogens with zero attached hydrogens (tertiary/aromatic N) is 4. The zero-order chi connectivity index (χ0) is 14.0. The summed E-state index contributed by atoms with van der Waals surface area (Å²) in [7, 11) is 0. The van der Waals surface area contributed by atoms with E-state index in [1.807, 2.05) is 0 Å². The maximum atomic E-state index is 12.6.